The Morgan fingerprint density at radius 1 is 1.47 bits per heavy atom. The van der Waals surface area contributed by atoms with Gasteiger partial charge in [0.2, 0.25) is 0 Å². The van der Waals surface area contributed by atoms with Gasteiger partial charge in [0.25, 0.3) is 0 Å². The van der Waals surface area contributed by atoms with Gasteiger partial charge in [0, 0.05) is 17.0 Å². The number of imidazole rings is 1. The van der Waals surface area contributed by atoms with Crippen molar-refractivity contribution in [1.29, 1.82) is 0 Å². The van der Waals surface area contributed by atoms with Gasteiger partial charge in [0.1, 0.15) is 5.82 Å². The number of thioether (sulfide) groups is 1. The second kappa shape index (κ2) is 4.70. The molecule has 1 fully saturated rings. The summed E-state index contributed by atoms with van der Waals surface area (Å²) in [5.41, 5.74) is 2.18. The average Bonchev–Trinajstić information content (AvgIpc) is 2.91. The molecule has 0 bridgehead atoms. The molecule has 0 saturated carbocycles. The van der Waals surface area contributed by atoms with Crippen molar-refractivity contribution >= 4 is 22.8 Å². The summed E-state index contributed by atoms with van der Waals surface area (Å²) in [6.07, 6.45) is 1.27. The summed E-state index contributed by atoms with van der Waals surface area (Å²) in [5, 5.41) is 4.37. The van der Waals surface area contributed by atoms with Gasteiger partial charge in [-0.25, -0.2) is 4.98 Å². The van der Waals surface area contributed by atoms with Gasteiger partial charge in [-0.15, -0.1) is 0 Å². The maximum Gasteiger partial charge on any atom is 0.121 e. The van der Waals surface area contributed by atoms with Crippen molar-refractivity contribution in [2.45, 2.75) is 31.2 Å². The Morgan fingerprint density at radius 2 is 2.35 bits per heavy atom. The van der Waals surface area contributed by atoms with E-state index in [9.17, 15) is 0 Å². The highest BCUT2D eigenvalue weighted by Crippen LogP contribution is 2.26. The first kappa shape index (κ1) is 11.1. The normalized spacial score (nSPS) is 24.5. The third-order valence-electron chi connectivity index (χ3n) is 3.19. The van der Waals surface area contributed by atoms with Crippen molar-refractivity contribution in [2.75, 3.05) is 5.75 Å². The maximum atomic E-state index is 4.57. The maximum absolute atomic E-state index is 4.57. The molecule has 2 aromatic rings. The lowest BCUT2D eigenvalue weighted by Gasteiger charge is -2.09. The van der Waals surface area contributed by atoms with Crippen LogP contribution in [0.2, 0.25) is 0 Å². The van der Waals surface area contributed by atoms with Gasteiger partial charge in [0.15, 0.2) is 0 Å². The summed E-state index contributed by atoms with van der Waals surface area (Å²) in [7, 11) is 0. The molecule has 90 valence electrons. The van der Waals surface area contributed by atoms with E-state index in [1.165, 1.54) is 12.2 Å². The van der Waals surface area contributed by atoms with Crippen LogP contribution in [0.3, 0.4) is 0 Å². The molecule has 4 heteroatoms. The molecule has 1 aromatic heterocycles. The summed E-state index contributed by atoms with van der Waals surface area (Å²) < 4.78 is 0. The summed E-state index contributed by atoms with van der Waals surface area (Å²) in [5.74, 6) is 2.26. The lowest BCUT2D eigenvalue weighted by atomic mass is 10.2. The van der Waals surface area contributed by atoms with Crippen LogP contribution >= 0.6 is 11.8 Å². The lowest BCUT2D eigenvalue weighted by Crippen LogP contribution is -2.28. The van der Waals surface area contributed by atoms with Crippen molar-refractivity contribution in [3.05, 3.63) is 30.1 Å². The van der Waals surface area contributed by atoms with E-state index < -0.39 is 0 Å². The van der Waals surface area contributed by atoms with Crippen LogP contribution in [0, 0.1) is 0 Å². The number of hydrogen-bond donors (Lipinski definition) is 2. The molecule has 3 nitrogen and oxygen atoms in total. The van der Waals surface area contributed by atoms with Crippen molar-refractivity contribution in [3.8, 4) is 0 Å². The molecule has 1 saturated heterocycles. The molecule has 2 heterocycles. The number of fused-ring (bicyclic) bond motifs is 1. The summed E-state index contributed by atoms with van der Waals surface area (Å²) in [4.78, 5) is 7.92. The Hall–Kier alpha value is -1.000. The van der Waals surface area contributed by atoms with Crippen LogP contribution in [0.25, 0.3) is 11.0 Å². The van der Waals surface area contributed by atoms with Crippen molar-refractivity contribution in [2.24, 2.45) is 0 Å². The molecule has 3 rings (SSSR count). The monoisotopic (exact) mass is 247 g/mol. The number of aromatic nitrogens is 2. The minimum absolute atomic E-state index is 0.642. The number of aromatic amines is 1. The number of benzene rings is 1. The van der Waals surface area contributed by atoms with Crippen molar-refractivity contribution < 1.29 is 0 Å². The van der Waals surface area contributed by atoms with E-state index in [2.05, 4.69) is 40.0 Å². The van der Waals surface area contributed by atoms with Crippen LogP contribution in [0.1, 0.15) is 19.2 Å². The van der Waals surface area contributed by atoms with E-state index in [-0.39, 0.29) is 0 Å². The zero-order valence-electron chi connectivity index (χ0n) is 9.94. The first-order valence-electron chi connectivity index (χ1n) is 6.10. The number of hydrogen-bond acceptors (Lipinski definition) is 3. The highest BCUT2D eigenvalue weighted by Gasteiger charge is 2.21. The Kier molecular flexibility index (Phi) is 3.07. The lowest BCUT2D eigenvalue weighted by molar-refractivity contribution is 0.530. The third-order valence-corrected chi connectivity index (χ3v) is 4.55. The molecule has 17 heavy (non-hydrogen) atoms. The number of nitrogens with zero attached hydrogens (tertiary/aromatic N) is 1. The third kappa shape index (κ3) is 2.48. The largest absolute Gasteiger partial charge is 0.341 e. The number of rotatable bonds is 3. The molecule has 1 aromatic carbocycles. The van der Waals surface area contributed by atoms with Crippen molar-refractivity contribution in [3.63, 3.8) is 0 Å². The molecule has 2 N–H and O–H groups in total. The van der Waals surface area contributed by atoms with Crippen molar-refractivity contribution in [1.82, 2.24) is 15.3 Å². The van der Waals surface area contributed by atoms with Crippen LogP contribution in [-0.2, 0) is 6.54 Å². The van der Waals surface area contributed by atoms with Gasteiger partial charge in [0.05, 0.1) is 17.6 Å². The fourth-order valence-corrected chi connectivity index (χ4v) is 3.47. The van der Waals surface area contributed by atoms with E-state index in [0.717, 1.165) is 28.7 Å². The first-order valence-corrected chi connectivity index (χ1v) is 7.15. The second-order valence-corrected chi connectivity index (χ2v) is 6.13. The van der Waals surface area contributed by atoms with Gasteiger partial charge in [-0.05, 0) is 18.6 Å². The molecule has 1 aliphatic heterocycles. The van der Waals surface area contributed by atoms with E-state index in [1.54, 1.807) is 0 Å². The Morgan fingerprint density at radius 3 is 3.12 bits per heavy atom. The molecule has 0 radical (unpaired) electrons. The fraction of sp³-hybridized carbons (Fsp3) is 0.462. The van der Waals surface area contributed by atoms with Crippen LogP contribution in [0.4, 0.5) is 0 Å². The predicted octanol–water partition coefficient (Wildman–Crippen LogP) is 2.55. The van der Waals surface area contributed by atoms with Gasteiger partial charge in [-0.2, -0.15) is 11.8 Å². The molecule has 2 atom stereocenters. The SMILES string of the molecule is CC1CC(NCc2nc3ccccc3[nH]2)CS1. The Bertz CT molecular complexity index is 475. The second-order valence-electron chi connectivity index (χ2n) is 4.66. The first-order chi connectivity index (χ1) is 8.31. The topological polar surface area (TPSA) is 40.7 Å². The van der Waals surface area contributed by atoms with E-state index in [1.807, 2.05) is 18.2 Å². The summed E-state index contributed by atoms with van der Waals surface area (Å²) in [6.45, 7) is 3.14. The molecule has 0 spiro atoms. The van der Waals surface area contributed by atoms with Gasteiger partial charge < -0.3 is 10.3 Å². The minimum Gasteiger partial charge on any atom is -0.341 e. The Balaban J connectivity index is 1.65. The number of para-hydroxylation sites is 2. The van der Waals surface area contributed by atoms with E-state index in [4.69, 9.17) is 0 Å². The van der Waals surface area contributed by atoms with Gasteiger partial charge in [-0.1, -0.05) is 19.1 Å². The molecule has 1 aliphatic rings. The molecular weight excluding hydrogens is 230 g/mol. The minimum atomic E-state index is 0.642. The zero-order valence-corrected chi connectivity index (χ0v) is 10.8. The Labute approximate surface area is 105 Å². The summed E-state index contributed by atoms with van der Waals surface area (Å²) in [6, 6.07) is 8.81. The highest BCUT2D eigenvalue weighted by atomic mass is 32.2. The smallest absolute Gasteiger partial charge is 0.121 e. The van der Waals surface area contributed by atoms with Crippen LogP contribution < -0.4 is 5.32 Å². The number of nitrogens with one attached hydrogen (secondary N) is 2. The summed E-state index contributed by atoms with van der Waals surface area (Å²) >= 11 is 2.05. The fourth-order valence-electron chi connectivity index (χ4n) is 2.29. The zero-order chi connectivity index (χ0) is 11.7. The molecule has 0 aliphatic carbocycles. The molecule has 0 amide bonds. The predicted molar refractivity (Wildman–Crippen MR) is 73.3 cm³/mol. The molecular formula is C13H17N3S. The average molecular weight is 247 g/mol. The van der Waals surface area contributed by atoms with Gasteiger partial charge >= 0.3 is 0 Å². The standard InChI is InChI=1S/C13H17N3S/c1-9-6-10(8-17-9)14-7-13-15-11-4-2-3-5-12(11)16-13/h2-5,9-10,14H,6-8H2,1H3,(H,15,16). The van der Waals surface area contributed by atoms with E-state index >= 15 is 0 Å². The van der Waals surface area contributed by atoms with Crippen LogP contribution in [0.15, 0.2) is 24.3 Å². The van der Waals surface area contributed by atoms with E-state index in [0.29, 0.717) is 6.04 Å². The quantitative estimate of drug-likeness (QED) is 0.875. The van der Waals surface area contributed by atoms with Crippen LogP contribution in [0.5, 0.6) is 0 Å². The highest BCUT2D eigenvalue weighted by molar-refractivity contribution is 8.00. The number of H-pyrrole nitrogens is 1. The van der Waals surface area contributed by atoms with Crippen LogP contribution in [-0.4, -0.2) is 27.0 Å². The van der Waals surface area contributed by atoms with Gasteiger partial charge in [-0.3, -0.25) is 0 Å². The molecule has 2 unspecified atom stereocenters.